The van der Waals surface area contributed by atoms with E-state index in [0.29, 0.717) is 0 Å². The van der Waals surface area contributed by atoms with Crippen LogP contribution in [0.1, 0.15) is 16.9 Å². The minimum atomic E-state index is -4.29. The monoisotopic (exact) mass is 393 g/mol. The van der Waals surface area contributed by atoms with Gasteiger partial charge in [-0.3, -0.25) is 10.2 Å². The molecule has 0 radical (unpaired) electrons. The zero-order valence-corrected chi connectivity index (χ0v) is 14.1. The smallest absolute Gasteiger partial charge is 0.283 e. The number of hydrogen-bond acceptors (Lipinski definition) is 4. The third kappa shape index (κ3) is 3.88. The fourth-order valence-corrected chi connectivity index (χ4v) is 2.92. The van der Waals surface area contributed by atoms with E-state index >= 15 is 0 Å². The van der Waals surface area contributed by atoms with Gasteiger partial charge in [-0.1, -0.05) is 23.2 Å². The molecule has 11 heteroatoms. The van der Waals surface area contributed by atoms with E-state index < -0.39 is 18.0 Å². The third-order valence-corrected chi connectivity index (χ3v) is 4.24. The quantitative estimate of drug-likeness (QED) is 0.869. The maximum Gasteiger partial charge on any atom is 0.393 e. The van der Waals surface area contributed by atoms with Crippen LogP contribution in [0.4, 0.5) is 13.2 Å². The summed E-state index contributed by atoms with van der Waals surface area (Å²) in [6.07, 6.45) is -2.89. The maximum absolute atomic E-state index is 12.7. The summed E-state index contributed by atoms with van der Waals surface area (Å²) in [6, 6.07) is 4.47. The largest absolute Gasteiger partial charge is 0.393 e. The summed E-state index contributed by atoms with van der Waals surface area (Å²) in [7, 11) is 0. The highest BCUT2D eigenvalue weighted by atomic mass is 35.5. The van der Waals surface area contributed by atoms with E-state index in [2.05, 4.69) is 15.5 Å². The van der Waals surface area contributed by atoms with Crippen molar-refractivity contribution in [1.29, 1.82) is 0 Å². The lowest BCUT2D eigenvalue weighted by Gasteiger charge is -2.18. The van der Waals surface area contributed by atoms with Gasteiger partial charge in [-0.25, -0.2) is 14.7 Å². The first kappa shape index (κ1) is 18.0. The van der Waals surface area contributed by atoms with Crippen LogP contribution in [0.25, 0.3) is 5.82 Å². The van der Waals surface area contributed by atoms with Gasteiger partial charge in [0.15, 0.2) is 11.0 Å². The van der Waals surface area contributed by atoms with Crippen molar-refractivity contribution in [2.24, 2.45) is 5.92 Å². The summed E-state index contributed by atoms with van der Waals surface area (Å²) in [5, 5.41) is 5.47. The van der Waals surface area contributed by atoms with E-state index in [-0.39, 0.29) is 41.2 Å². The van der Waals surface area contributed by atoms with Crippen LogP contribution < -0.4 is 5.43 Å². The molecule has 1 aliphatic rings. The molecule has 1 amide bonds. The molecule has 6 nitrogen and oxygen atoms in total. The van der Waals surface area contributed by atoms with Crippen LogP contribution in [0, 0.1) is 5.92 Å². The summed E-state index contributed by atoms with van der Waals surface area (Å²) in [5.41, 5.74) is 2.46. The Labute approximate surface area is 150 Å². The molecule has 134 valence electrons. The third-order valence-electron chi connectivity index (χ3n) is 3.76. The molecule has 1 aliphatic heterocycles. The molecule has 25 heavy (non-hydrogen) atoms. The van der Waals surface area contributed by atoms with E-state index in [1.807, 2.05) is 0 Å². The van der Waals surface area contributed by atoms with Gasteiger partial charge in [-0.05, 0) is 18.6 Å². The standard InChI is InChI=1S/C14H12Cl2F3N5O/c15-9-2-1-4-20-12(9)24-10(6-11(16)21-24)13(25)22-23-5-3-8(7-23)14(17,18)19/h1-2,4,6,8H,3,5,7H2,(H,22,25). The van der Waals surface area contributed by atoms with Gasteiger partial charge >= 0.3 is 6.18 Å². The normalized spacial score (nSPS) is 18.5. The number of hydrogen-bond donors (Lipinski definition) is 1. The van der Waals surface area contributed by atoms with Gasteiger partial charge in [0.2, 0.25) is 0 Å². The van der Waals surface area contributed by atoms with Gasteiger partial charge in [-0.15, -0.1) is 0 Å². The summed E-state index contributed by atoms with van der Waals surface area (Å²) in [4.78, 5) is 16.5. The van der Waals surface area contributed by atoms with Crippen LogP contribution in [-0.4, -0.2) is 44.9 Å². The van der Waals surface area contributed by atoms with Crippen molar-refractivity contribution in [1.82, 2.24) is 25.2 Å². The predicted molar refractivity (Wildman–Crippen MR) is 84.6 cm³/mol. The number of alkyl halides is 3. The molecule has 2 aromatic rings. The molecule has 1 fully saturated rings. The number of nitrogens with zero attached hydrogens (tertiary/aromatic N) is 4. The Kier molecular flexibility index (Phi) is 4.90. The number of amides is 1. The first-order valence-corrected chi connectivity index (χ1v) is 8.00. The highest BCUT2D eigenvalue weighted by Gasteiger charge is 2.44. The summed E-state index contributed by atoms with van der Waals surface area (Å²) in [6.45, 7) is -0.205. The summed E-state index contributed by atoms with van der Waals surface area (Å²) in [5.74, 6) is -1.92. The number of rotatable bonds is 3. The molecule has 0 spiro atoms. The fraction of sp³-hybridized carbons (Fsp3) is 0.357. The molecule has 0 bridgehead atoms. The second kappa shape index (κ2) is 6.81. The number of halogens is 5. The Bertz CT molecular complexity index is 795. The van der Waals surface area contributed by atoms with Crippen molar-refractivity contribution in [2.45, 2.75) is 12.6 Å². The predicted octanol–water partition coefficient (Wildman–Crippen LogP) is 3.10. The molecule has 3 rings (SSSR count). The fourth-order valence-electron chi connectivity index (χ4n) is 2.54. The Balaban J connectivity index is 1.79. The lowest BCUT2D eigenvalue weighted by atomic mass is 10.1. The molecule has 1 saturated heterocycles. The Morgan fingerprint density at radius 1 is 1.36 bits per heavy atom. The van der Waals surface area contributed by atoms with Crippen molar-refractivity contribution < 1.29 is 18.0 Å². The molecule has 1 N–H and O–H groups in total. The lowest BCUT2D eigenvalue weighted by molar-refractivity contribution is -0.170. The lowest BCUT2D eigenvalue weighted by Crippen LogP contribution is -2.42. The molecule has 3 heterocycles. The zero-order valence-electron chi connectivity index (χ0n) is 12.6. The van der Waals surface area contributed by atoms with Crippen molar-refractivity contribution in [3.8, 4) is 5.82 Å². The molecular formula is C14H12Cl2F3N5O. The molecular weight excluding hydrogens is 382 g/mol. The topological polar surface area (TPSA) is 63.1 Å². The minimum Gasteiger partial charge on any atom is -0.283 e. The van der Waals surface area contributed by atoms with Crippen molar-refractivity contribution in [2.75, 3.05) is 13.1 Å². The van der Waals surface area contributed by atoms with Gasteiger partial charge < -0.3 is 0 Å². The number of pyridine rings is 1. The highest BCUT2D eigenvalue weighted by molar-refractivity contribution is 6.32. The van der Waals surface area contributed by atoms with Gasteiger partial charge in [0, 0.05) is 25.4 Å². The molecule has 0 aliphatic carbocycles. The number of hydrazine groups is 1. The van der Waals surface area contributed by atoms with Crippen LogP contribution in [0.5, 0.6) is 0 Å². The van der Waals surface area contributed by atoms with Gasteiger partial charge in [-0.2, -0.15) is 18.3 Å². The Hall–Kier alpha value is -1.84. The number of aromatic nitrogens is 3. The van der Waals surface area contributed by atoms with E-state index in [0.717, 1.165) is 4.68 Å². The number of nitrogens with one attached hydrogen (secondary N) is 1. The van der Waals surface area contributed by atoms with Crippen LogP contribution in [0.15, 0.2) is 24.4 Å². The van der Waals surface area contributed by atoms with Crippen LogP contribution >= 0.6 is 23.2 Å². The second-order valence-electron chi connectivity index (χ2n) is 5.49. The van der Waals surface area contributed by atoms with Gasteiger partial charge in [0.05, 0.1) is 10.9 Å². The SMILES string of the molecule is O=C(NN1CCC(C(F)(F)F)C1)c1cc(Cl)nn1-c1ncccc1Cl. The van der Waals surface area contributed by atoms with E-state index in [9.17, 15) is 18.0 Å². The van der Waals surface area contributed by atoms with Crippen LogP contribution in [0.3, 0.4) is 0 Å². The highest BCUT2D eigenvalue weighted by Crippen LogP contribution is 2.32. The Morgan fingerprint density at radius 2 is 2.12 bits per heavy atom. The molecule has 2 aromatic heterocycles. The first-order valence-electron chi connectivity index (χ1n) is 7.25. The molecule has 1 unspecified atom stereocenters. The number of carbonyl (C=O) groups is 1. The Morgan fingerprint density at radius 3 is 2.76 bits per heavy atom. The maximum atomic E-state index is 12.7. The van der Waals surface area contributed by atoms with Crippen LogP contribution in [-0.2, 0) is 0 Å². The van der Waals surface area contributed by atoms with Crippen LogP contribution in [0.2, 0.25) is 10.2 Å². The minimum absolute atomic E-state index is 0.0149. The zero-order chi connectivity index (χ0) is 18.2. The van der Waals surface area contributed by atoms with Gasteiger partial charge in [0.1, 0.15) is 5.69 Å². The molecule has 1 atom stereocenters. The van der Waals surface area contributed by atoms with Crippen molar-refractivity contribution >= 4 is 29.1 Å². The second-order valence-corrected chi connectivity index (χ2v) is 6.28. The number of carbonyl (C=O) groups excluding carboxylic acids is 1. The average Bonchev–Trinajstić information content (AvgIpc) is 3.14. The molecule has 0 saturated carbocycles. The molecule has 0 aromatic carbocycles. The van der Waals surface area contributed by atoms with E-state index in [4.69, 9.17) is 23.2 Å². The average molecular weight is 394 g/mol. The van der Waals surface area contributed by atoms with E-state index in [1.165, 1.54) is 17.3 Å². The summed E-state index contributed by atoms with van der Waals surface area (Å²) < 4.78 is 39.4. The van der Waals surface area contributed by atoms with Gasteiger partial charge in [0.25, 0.3) is 5.91 Å². The first-order chi connectivity index (χ1) is 11.8. The van der Waals surface area contributed by atoms with Crippen molar-refractivity contribution in [3.63, 3.8) is 0 Å². The van der Waals surface area contributed by atoms with E-state index in [1.54, 1.807) is 12.1 Å². The summed E-state index contributed by atoms with van der Waals surface area (Å²) >= 11 is 11.9. The van der Waals surface area contributed by atoms with Crippen molar-refractivity contribution in [3.05, 3.63) is 40.3 Å².